The Hall–Kier alpha value is -2.06. The number of hydrogen-bond acceptors (Lipinski definition) is 5. The van der Waals surface area contributed by atoms with E-state index in [1.807, 2.05) is 24.3 Å². The molecule has 1 aromatic rings. The molecule has 6 N–H and O–H groups in total. The van der Waals surface area contributed by atoms with Crippen molar-refractivity contribution in [2.24, 2.45) is 21.6 Å². The lowest BCUT2D eigenvalue weighted by Gasteiger charge is -2.11. The van der Waals surface area contributed by atoms with Gasteiger partial charge in [-0.1, -0.05) is 30.8 Å². The molecule has 7 nitrogen and oxygen atoms in total. The van der Waals surface area contributed by atoms with Gasteiger partial charge in [-0.05, 0) is 30.5 Å². The smallest absolute Gasteiger partial charge is 0.222 e. The Morgan fingerprint density at radius 2 is 2.09 bits per heavy atom. The number of hydrogen-bond donors (Lipinski definition) is 4. The summed E-state index contributed by atoms with van der Waals surface area (Å²) in [5.41, 5.74) is 9.77. The second-order valence-electron chi connectivity index (χ2n) is 5.35. The summed E-state index contributed by atoms with van der Waals surface area (Å²) in [7, 11) is 0. The summed E-state index contributed by atoms with van der Waals surface area (Å²) in [5.74, 6) is 5.27. The number of rotatable bonds is 4. The minimum Gasteiger partial charge on any atom is -0.369 e. The van der Waals surface area contributed by atoms with Crippen LogP contribution in [0.1, 0.15) is 25.8 Å². The fourth-order valence-corrected chi connectivity index (χ4v) is 3.38. The monoisotopic (exact) mass is 334 g/mol. The number of nitrogens with one attached hydrogen (secondary N) is 2. The third kappa shape index (κ3) is 5.26. The van der Waals surface area contributed by atoms with Gasteiger partial charge in [0, 0.05) is 12.2 Å². The Bertz CT molecular complexity index is 613. The number of nitrogens with zero attached hydrogens (tertiary/aromatic N) is 2. The Kier molecular flexibility index (Phi) is 6.00. The largest absolute Gasteiger partial charge is 0.369 e. The van der Waals surface area contributed by atoms with Crippen LogP contribution >= 0.6 is 11.8 Å². The molecule has 1 aliphatic heterocycles. The molecule has 0 bridgehead atoms. The van der Waals surface area contributed by atoms with E-state index in [2.05, 4.69) is 27.7 Å². The van der Waals surface area contributed by atoms with Crippen LogP contribution in [0, 0.1) is 0 Å². The molecule has 1 aliphatic rings. The first-order valence-corrected chi connectivity index (χ1v) is 8.27. The molecule has 0 spiro atoms. The number of aliphatic imine (C=N–C) groups is 2. The minimum absolute atomic E-state index is 0.0773. The molecule has 2 atom stereocenters. The van der Waals surface area contributed by atoms with Gasteiger partial charge in [-0.25, -0.2) is 10.8 Å². The molecule has 124 valence electrons. The van der Waals surface area contributed by atoms with Gasteiger partial charge in [-0.15, -0.1) is 0 Å². The van der Waals surface area contributed by atoms with Crippen molar-refractivity contribution in [3.05, 3.63) is 29.8 Å². The van der Waals surface area contributed by atoms with E-state index in [4.69, 9.17) is 11.6 Å². The molecule has 23 heavy (non-hydrogen) atoms. The number of carbonyl (C=O) groups excluding carboxylic acids is 1. The zero-order valence-corrected chi connectivity index (χ0v) is 14.1. The van der Waals surface area contributed by atoms with Gasteiger partial charge in [0.15, 0.2) is 5.17 Å². The maximum absolute atomic E-state index is 11.1. The van der Waals surface area contributed by atoms with Gasteiger partial charge in [0.05, 0.1) is 11.7 Å². The Balaban J connectivity index is 1.91. The second kappa shape index (κ2) is 7.98. The van der Waals surface area contributed by atoms with Crippen molar-refractivity contribution in [3.63, 3.8) is 0 Å². The third-order valence-corrected chi connectivity index (χ3v) is 4.58. The van der Waals surface area contributed by atoms with Crippen LogP contribution in [0.2, 0.25) is 0 Å². The Labute approximate surface area is 140 Å². The number of guanidine groups is 1. The first kappa shape index (κ1) is 17.3. The van der Waals surface area contributed by atoms with Gasteiger partial charge in [-0.3, -0.25) is 15.2 Å². The van der Waals surface area contributed by atoms with E-state index < -0.39 is 0 Å². The topological polar surface area (TPSA) is 118 Å². The third-order valence-electron chi connectivity index (χ3n) is 3.47. The van der Waals surface area contributed by atoms with Crippen LogP contribution in [0.3, 0.4) is 0 Å². The lowest BCUT2D eigenvalue weighted by molar-refractivity contribution is -0.117. The lowest BCUT2D eigenvalue weighted by Crippen LogP contribution is -2.36. The number of thioether (sulfide) groups is 1. The van der Waals surface area contributed by atoms with Gasteiger partial charge >= 0.3 is 0 Å². The molecule has 1 amide bonds. The van der Waals surface area contributed by atoms with Gasteiger partial charge in [0.1, 0.15) is 0 Å². The van der Waals surface area contributed by atoms with Crippen LogP contribution in [0.4, 0.5) is 5.69 Å². The highest BCUT2D eigenvalue weighted by molar-refractivity contribution is 8.14. The molecule has 0 saturated carbocycles. The predicted molar refractivity (Wildman–Crippen MR) is 95.5 cm³/mol. The Morgan fingerprint density at radius 3 is 2.70 bits per heavy atom. The first-order valence-electron chi connectivity index (χ1n) is 7.39. The average Bonchev–Trinajstić information content (AvgIpc) is 2.85. The number of aryl methyl sites for hydroxylation is 1. The number of nitrogens with two attached hydrogens (primary N) is 2. The van der Waals surface area contributed by atoms with Gasteiger partial charge in [0.25, 0.3) is 0 Å². The maximum Gasteiger partial charge on any atom is 0.222 e. The van der Waals surface area contributed by atoms with Gasteiger partial charge in [-0.2, -0.15) is 0 Å². The molecule has 1 aromatic carbocycles. The van der Waals surface area contributed by atoms with Crippen molar-refractivity contribution < 1.29 is 4.79 Å². The molecule has 0 saturated heterocycles. The quantitative estimate of drug-likeness (QED) is 0.284. The maximum atomic E-state index is 11.1. The van der Waals surface area contributed by atoms with Crippen LogP contribution in [-0.2, 0) is 11.2 Å². The number of hydrazine groups is 1. The highest BCUT2D eigenvalue weighted by atomic mass is 32.2. The van der Waals surface area contributed by atoms with E-state index in [0.29, 0.717) is 5.25 Å². The summed E-state index contributed by atoms with van der Waals surface area (Å²) in [5, 5.41) is 3.86. The number of carbonyl (C=O) groups is 1. The van der Waals surface area contributed by atoms with Crippen molar-refractivity contribution in [3.8, 4) is 0 Å². The summed E-state index contributed by atoms with van der Waals surface area (Å²) in [6.45, 7) is 3.63. The van der Waals surface area contributed by atoms with E-state index in [0.717, 1.165) is 23.7 Å². The number of amides is 1. The number of benzene rings is 1. The molecule has 2 rings (SSSR count). The molecular weight excluding hydrogens is 312 g/mol. The average molecular weight is 334 g/mol. The summed E-state index contributed by atoms with van der Waals surface area (Å²) in [6.07, 6.45) is 1.85. The zero-order chi connectivity index (χ0) is 16.8. The van der Waals surface area contributed by atoms with Crippen molar-refractivity contribution in [1.29, 1.82) is 0 Å². The fourth-order valence-electron chi connectivity index (χ4n) is 2.28. The molecule has 8 heteroatoms. The van der Waals surface area contributed by atoms with Crippen LogP contribution in [0.5, 0.6) is 0 Å². The molecule has 0 aromatic heterocycles. The second-order valence-corrected chi connectivity index (χ2v) is 6.72. The van der Waals surface area contributed by atoms with Gasteiger partial charge < -0.3 is 11.1 Å². The zero-order valence-electron chi connectivity index (χ0n) is 13.2. The molecular formula is C15H22N6OS. The van der Waals surface area contributed by atoms with E-state index in [1.54, 1.807) is 11.8 Å². The highest BCUT2D eigenvalue weighted by Crippen LogP contribution is 2.28. The van der Waals surface area contributed by atoms with E-state index in [1.165, 1.54) is 12.5 Å². The highest BCUT2D eigenvalue weighted by Gasteiger charge is 2.26. The molecule has 2 unspecified atom stereocenters. The molecule has 0 aliphatic carbocycles. The Morgan fingerprint density at radius 1 is 1.39 bits per heavy atom. The van der Waals surface area contributed by atoms with Crippen LogP contribution in [0.15, 0.2) is 34.3 Å². The van der Waals surface area contributed by atoms with Crippen LogP contribution in [0.25, 0.3) is 0 Å². The summed E-state index contributed by atoms with van der Waals surface area (Å²) in [6, 6.07) is 8.06. The molecule has 0 radical (unpaired) electrons. The summed E-state index contributed by atoms with van der Waals surface area (Å²) >= 11 is 1.62. The SMILES string of the molecule is CC(=O)NC1=NC(CCc2ccc(N=C(N)NN)cc2)C(C)S1. The molecule has 0 fully saturated rings. The summed E-state index contributed by atoms with van der Waals surface area (Å²) < 4.78 is 0. The first-order chi connectivity index (χ1) is 11.0. The van der Waals surface area contributed by atoms with Crippen molar-refractivity contribution in [1.82, 2.24) is 10.7 Å². The minimum atomic E-state index is -0.0773. The van der Waals surface area contributed by atoms with E-state index in [9.17, 15) is 4.79 Å². The standard InChI is InChI=1S/C15H22N6OS/c1-9-13(20-15(23-9)18-10(2)22)8-5-11-3-6-12(7-4-11)19-14(16)21-17/h3-4,6-7,9,13H,5,8,17H2,1-2H3,(H3,16,19,21)(H,18,20,22). The van der Waals surface area contributed by atoms with E-state index >= 15 is 0 Å². The van der Waals surface area contributed by atoms with Crippen molar-refractivity contribution in [2.45, 2.75) is 38.0 Å². The lowest BCUT2D eigenvalue weighted by atomic mass is 10.0. The summed E-state index contributed by atoms with van der Waals surface area (Å²) in [4.78, 5) is 19.8. The van der Waals surface area contributed by atoms with E-state index in [-0.39, 0.29) is 17.9 Å². The van der Waals surface area contributed by atoms with Crippen molar-refractivity contribution in [2.75, 3.05) is 0 Å². The molecule has 1 heterocycles. The number of amidine groups is 1. The normalized spacial score (nSPS) is 21.0. The van der Waals surface area contributed by atoms with Crippen LogP contribution in [-0.4, -0.2) is 28.3 Å². The van der Waals surface area contributed by atoms with Crippen LogP contribution < -0.4 is 22.3 Å². The fraction of sp³-hybridized carbons (Fsp3) is 0.400. The predicted octanol–water partition coefficient (Wildman–Crippen LogP) is 1.02. The van der Waals surface area contributed by atoms with Gasteiger partial charge in [0.2, 0.25) is 11.9 Å². The van der Waals surface area contributed by atoms with Crippen molar-refractivity contribution >= 4 is 34.5 Å².